The van der Waals surface area contributed by atoms with E-state index in [4.69, 9.17) is 6.42 Å². The average Bonchev–Trinajstić information content (AvgIpc) is 2.03. The summed E-state index contributed by atoms with van der Waals surface area (Å²) in [6.07, 6.45) is 5.25. The van der Waals surface area contributed by atoms with E-state index in [0.29, 0.717) is 6.54 Å². The van der Waals surface area contributed by atoms with E-state index in [-0.39, 0.29) is 11.0 Å². The minimum atomic E-state index is -2.96. The van der Waals surface area contributed by atoms with Gasteiger partial charge in [0.1, 0.15) is 0 Å². The molecule has 0 fully saturated rings. The van der Waals surface area contributed by atoms with Crippen LogP contribution in [0.25, 0.3) is 0 Å². The third kappa shape index (κ3) is 4.64. The third-order valence-electron chi connectivity index (χ3n) is 2.03. The van der Waals surface area contributed by atoms with E-state index < -0.39 is 15.4 Å². The summed E-state index contributed by atoms with van der Waals surface area (Å²) in [5.74, 6) is 2.69. The molecule has 14 heavy (non-hydrogen) atoms. The molecule has 0 spiro atoms. The van der Waals surface area contributed by atoms with Crippen molar-refractivity contribution < 1.29 is 8.42 Å². The molecule has 0 aliphatic rings. The lowest BCUT2D eigenvalue weighted by atomic mass is 10.1. The molecule has 0 radical (unpaired) electrons. The summed E-state index contributed by atoms with van der Waals surface area (Å²) in [6, 6.07) is 0. The lowest BCUT2D eigenvalue weighted by molar-refractivity contribution is 0.505. The van der Waals surface area contributed by atoms with E-state index in [9.17, 15) is 8.42 Å². The second kappa shape index (κ2) is 4.81. The molecule has 0 aliphatic carbocycles. The monoisotopic (exact) mass is 217 g/mol. The molecule has 4 heteroatoms. The van der Waals surface area contributed by atoms with E-state index >= 15 is 0 Å². The zero-order chi connectivity index (χ0) is 11.4. The van der Waals surface area contributed by atoms with Gasteiger partial charge in [-0.2, -0.15) is 0 Å². The third-order valence-corrected chi connectivity index (χ3v) is 4.24. The van der Waals surface area contributed by atoms with Gasteiger partial charge in [-0.3, -0.25) is 0 Å². The van der Waals surface area contributed by atoms with E-state index in [1.54, 1.807) is 13.8 Å². The van der Waals surface area contributed by atoms with Crippen molar-refractivity contribution in [3.05, 3.63) is 0 Å². The fourth-order valence-corrected chi connectivity index (χ4v) is 1.65. The summed E-state index contributed by atoms with van der Waals surface area (Å²) < 4.78 is 22.8. The Morgan fingerprint density at radius 1 is 1.43 bits per heavy atom. The van der Waals surface area contributed by atoms with Crippen molar-refractivity contribution in [1.29, 1.82) is 0 Å². The Hall–Kier alpha value is -0.530. The molecule has 0 unspecified atom stereocenters. The molecular weight excluding hydrogens is 198 g/mol. The second-order valence-electron chi connectivity index (χ2n) is 4.11. The smallest absolute Gasteiger partial charge is 0.153 e. The molecule has 0 aliphatic heterocycles. The van der Waals surface area contributed by atoms with Gasteiger partial charge in [0, 0.05) is 6.54 Å². The van der Waals surface area contributed by atoms with Gasteiger partial charge >= 0.3 is 0 Å². The van der Waals surface area contributed by atoms with E-state index in [2.05, 4.69) is 11.2 Å². The second-order valence-corrected chi connectivity index (χ2v) is 6.79. The zero-order valence-electron chi connectivity index (χ0n) is 9.29. The summed E-state index contributed by atoms with van der Waals surface area (Å²) in [5.41, 5.74) is -0.438. The van der Waals surface area contributed by atoms with E-state index in [1.165, 1.54) is 0 Å². The lowest BCUT2D eigenvalue weighted by Gasteiger charge is -2.19. The molecule has 0 atom stereocenters. The molecule has 0 bridgehead atoms. The van der Waals surface area contributed by atoms with Crippen molar-refractivity contribution in [3.8, 4) is 12.3 Å². The Morgan fingerprint density at radius 3 is 2.29 bits per heavy atom. The van der Waals surface area contributed by atoms with Crippen molar-refractivity contribution in [2.24, 2.45) is 0 Å². The predicted octanol–water partition coefficient (Wildman–Crippen LogP) is 0.811. The van der Waals surface area contributed by atoms with Crippen molar-refractivity contribution in [3.63, 3.8) is 0 Å². The van der Waals surface area contributed by atoms with Crippen LogP contribution >= 0.6 is 0 Å². The number of hydrogen-bond acceptors (Lipinski definition) is 3. The van der Waals surface area contributed by atoms with Crippen LogP contribution in [0.1, 0.15) is 27.7 Å². The molecule has 1 N–H and O–H groups in total. The van der Waals surface area contributed by atoms with Crippen molar-refractivity contribution in [1.82, 2.24) is 5.32 Å². The van der Waals surface area contributed by atoms with Gasteiger partial charge in [0.25, 0.3) is 0 Å². The zero-order valence-corrected chi connectivity index (χ0v) is 10.1. The Kier molecular flexibility index (Phi) is 4.63. The molecule has 82 valence electrons. The fraction of sp³-hybridized carbons (Fsp3) is 0.800. The molecule has 0 saturated carbocycles. The molecule has 0 heterocycles. The Balaban J connectivity index is 4.06. The minimum absolute atomic E-state index is 0.135. The molecule has 3 nitrogen and oxygen atoms in total. The first kappa shape index (κ1) is 13.5. The van der Waals surface area contributed by atoms with Crippen LogP contribution in [-0.2, 0) is 9.84 Å². The molecular formula is C10H19NO2S. The van der Waals surface area contributed by atoms with Gasteiger partial charge < -0.3 is 5.32 Å². The van der Waals surface area contributed by atoms with Crippen LogP contribution in [0.2, 0.25) is 0 Å². The normalized spacial score (nSPS) is 12.9. The topological polar surface area (TPSA) is 46.2 Å². The van der Waals surface area contributed by atoms with Gasteiger partial charge in [0.15, 0.2) is 9.84 Å². The number of nitrogens with one attached hydrogen (secondary N) is 1. The highest BCUT2D eigenvalue weighted by Crippen LogP contribution is 2.02. The van der Waals surface area contributed by atoms with Crippen LogP contribution in [0.4, 0.5) is 0 Å². The molecule has 0 rings (SSSR count). The Labute approximate surface area is 87.2 Å². The van der Waals surface area contributed by atoms with Gasteiger partial charge in [-0.15, -0.1) is 6.42 Å². The van der Waals surface area contributed by atoms with Gasteiger partial charge in [0.05, 0.1) is 16.5 Å². The largest absolute Gasteiger partial charge is 0.301 e. The van der Waals surface area contributed by atoms with Crippen LogP contribution in [0.5, 0.6) is 0 Å². The predicted molar refractivity (Wildman–Crippen MR) is 59.8 cm³/mol. The van der Waals surface area contributed by atoms with Crippen LogP contribution in [0, 0.1) is 12.3 Å². The van der Waals surface area contributed by atoms with Crippen molar-refractivity contribution in [2.45, 2.75) is 38.5 Å². The summed E-state index contributed by atoms with van der Waals surface area (Å²) in [5, 5.41) is 2.68. The summed E-state index contributed by atoms with van der Waals surface area (Å²) >= 11 is 0. The molecule has 0 aromatic rings. The Morgan fingerprint density at radius 2 is 1.93 bits per heavy atom. The highest BCUT2D eigenvalue weighted by molar-refractivity contribution is 7.92. The number of hydrogen-bond donors (Lipinski definition) is 1. The maximum Gasteiger partial charge on any atom is 0.153 e. The SMILES string of the molecule is C#CC(C)(C)NCCS(=O)(=O)C(C)C. The number of rotatable bonds is 5. The standard InChI is InChI=1S/C10H19NO2S/c1-6-10(4,5)11-7-8-14(12,13)9(2)3/h1,9,11H,7-8H2,2-5H3. The minimum Gasteiger partial charge on any atom is -0.301 e. The van der Waals surface area contributed by atoms with Crippen molar-refractivity contribution in [2.75, 3.05) is 12.3 Å². The highest BCUT2D eigenvalue weighted by Gasteiger charge is 2.18. The molecule has 0 aromatic heterocycles. The van der Waals surface area contributed by atoms with E-state index in [1.807, 2.05) is 13.8 Å². The Bertz CT molecular complexity index is 310. The first-order valence-corrected chi connectivity index (χ1v) is 6.37. The van der Waals surface area contributed by atoms with Gasteiger partial charge in [-0.05, 0) is 27.7 Å². The summed E-state index contributed by atoms with van der Waals surface area (Å²) in [7, 11) is -2.96. The maximum absolute atomic E-state index is 11.4. The number of sulfone groups is 1. The van der Waals surface area contributed by atoms with Crippen LogP contribution in [0.15, 0.2) is 0 Å². The first-order valence-electron chi connectivity index (χ1n) is 4.65. The van der Waals surface area contributed by atoms with E-state index in [0.717, 1.165) is 0 Å². The highest BCUT2D eigenvalue weighted by atomic mass is 32.2. The maximum atomic E-state index is 11.4. The lowest BCUT2D eigenvalue weighted by Crippen LogP contribution is -2.41. The van der Waals surface area contributed by atoms with Gasteiger partial charge in [-0.1, -0.05) is 5.92 Å². The van der Waals surface area contributed by atoms with Crippen LogP contribution in [0.3, 0.4) is 0 Å². The average molecular weight is 217 g/mol. The quantitative estimate of drug-likeness (QED) is 0.693. The van der Waals surface area contributed by atoms with Crippen molar-refractivity contribution >= 4 is 9.84 Å². The number of terminal acetylenes is 1. The van der Waals surface area contributed by atoms with Crippen LogP contribution < -0.4 is 5.32 Å². The molecule has 0 amide bonds. The summed E-state index contributed by atoms with van der Waals surface area (Å²) in [6.45, 7) is 7.45. The first-order chi connectivity index (χ1) is 6.21. The summed E-state index contributed by atoms with van der Waals surface area (Å²) in [4.78, 5) is 0. The molecule has 0 aromatic carbocycles. The van der Waals surface area contributed by atoms with Crippen LogP contribution in [-0.4, -0.2) is 31.5 Å². The van der Waals surface area contributed by atoms with Gasteiger partial charge in [0.2, 0.25) is 0 Å². The fourth-order valence-electron chi connectivity index (χ4n) is 0.793. The molecule has 0 saturated heterocycles. The van der Waals surface area contributed by atoms with Gasteiger partial charge in [-0.25, -0.2) is 8.42 Å².